The maximum absolute atomic E-state index is 6.49. The second-order valence-corrected chi connectivity index (χ2v) is 6.52. The van der Waals surface area contributed by atoms with Gasteiger partial charge in [-0.2, -0.15) is 0 Å². The van der Waals surface area contributed by atoms with Gasteiger partial charge in [0.25, 0.3) is 0 Å². The maximum atomic E-state index is 6.49. The average Bonchev–Trinajstić information content (AvgIpc) is 2.94. The van der Waals surface area contributed by atoms with Crippen molar-refractivity contribution in [3.05, 3.63) is 64.9 Å². The van der Waals surface area contributed by atoms with Gasteiger partial charge in [0.2, 0.25) is 0 Å². The standard InChI is InChI=1S/C19H22ClN3/c1-3-13(2)18(21)19-22-16-6-4-5-7-17(16)23(19)12-14-8-10-15(20)11-9-14/h4-11,13,18H,3,12,21H2,1-2H3/t13?,18-/m0/s1. The predicted octanol–water partition coefficient (Wildman–Crippen LogP) is 4.78. The van der Waals surface area contributed by atoms with Crippen LogP contribution in [0, 0.1) is 5.92 Å². The van der Waals surface area contributed by atoms with E-state index in [1.807, 2.05) is 30.3 Å². The van der Waals surface area contributed by atoms with E-state index in [4.69, 9.17) is 22.3 Å². The summed E-state index contributed by atoms with van der Waals surface area (Å²) < 4.78 is 2.23. The largest absolute Gasteiger partial charge is 0.322 e. The first-order chi connectivity index (χ1) is 11.1. The molecule has 1 unspecified atom stereocenters. The number of nitrogens with zero attached hydrogens (tertiary/aromatic N) is 2. The molecule has 3 aromatic rings. The van der Waals surface area contributed by atoms with Crippen LogP contribution in [0.5, 0.6) is 0 Å². The van der Waals surface area contributed by atoms with Crippen LogP contribution in [0.1, 0.15) is 37.7 Å². The van der Waals surface area contributed by atoms with Crippen molar-refractivity contribution in [2.24, 2.45) is 11.7 Å². The summed E-state index contributed by atoms with van der Waals surface area (Å²) in [5.74, 6) is 1.34. The summed E-state index contributed by atoms with van der Waals surface area (Å²) in [6, 6.07) is 16.1. The molecule has 2 N–H and O–H groups in total. The third-order valence-electron chi connectivity index (χ3n) is 4.49. The van der Waals surface area contributed by atoms with Crippen molar-refractivity contribution in [3.8, 4) is 0 Å². The SMILES string of the molecule is CCC(C)[C@H](N)c1nc2ccccc2n1Cc1ccc(Cl)cc1. The number of para-hydroxylation sites is 2. The fourth-order valence-corrected chi connectivity index (χ4v) is 2.92. The third-order valence-corrected chi connectivity index (χ3v) is 4.75. The average molecular weight is 328 g/mol. The van der Waals surface area contributed by atoms with Crippen LogP contribution < -0.4 is 5.73 Å². The van der Waals surface area contributed by atoms with E-state index in [2.05, 4.69) is 36.6 Å². The topological polar surface area (TPSA) is 43.8 Å². The van der Waals surface area contributed by atoms with Crippen LogP contribution in [-0.2, 0) is 6.54 Å². The Kier molecular flexibility index (Phi) is 4.69. The van der Waals surface area contributed by atoms with Crippen molar-refractivity contribution in [1.29, 1.82) is 0 Å². The molecule has 23 heavy (non-hydrogen) atoms. The zero-order valence-corrected chi connectivity index (χ0v) is 14.3. The van der Waals surface area contributed by atoms with Crippen LogP contribution in [0.4, 0.5) is 0 Å². The molecule has 4 heteroatoms. The van der Waals surface area contributed by atoms with Gasteiger partial charge in [-0.15, -0.1) is 0 Å². The lowest BCUT2D eigenvalue weighted by Gasteiger charge is -2.19. The normalized spacial score (nSPS) is 14.1. The molecule has 1 heterocycles. The molecule has 0 amide bonds. The quantitative estimate of drug-likeness (QED) is 0.732. The molecule has 0 bridgehead atoms. The van der Waals surface area contributed by atoms with Gasteiger partial charge in [0.05, 0.1) is 17.1 Å². The summed E-state index contributed by atoms with van der Waals surface area (Å²) >= 11 is 5.99. The number of halogens is 1. The van der Waals surface area contributed by atoms with Crippen molar-refractivity contribution < 1.29 is 0 Å². The van der Waals surface area contributed by atoms with Gasteiger partial charge in [0, 0.05) is 11.6 Å². The van der Waals surface area contributed by atoms with Gasteiger partial charge < -0.3 is 10.3 Å². The van der Waals surface area contributed by atoms with Gasteiger partial charge in [0.15, 0.2) is 0 Å². The first kappa shape index (κ1) is 16.0. The van der Waals surface area contributed by atoms with E-state index in [0.29, 0.717) is 5.92 Å². The molecule has 1 aromatic heterocycles. The Morgan fingerprint density at radius 1 is 1.13 bits per heavy atom. The number of hydrogen-bond donors (Lipinski definition) is 1. The van der Waals surface area contributed by atoms with E-state index in [0.717, 1.165) is 34.8 Å². The van der Waals surface area contributed by atoms with Crippen LogP contribution in [0.15, 0.2) is 48.5 Å². The summed E-state index contributed by atoms with van der Waals surface area (Å²) in [6.07, 6.45) is 1.03. The molecule has 0 saturated carbocycles. The van der Waals surface area contributed by atoms with Gasteiger partial charge in [-0.1, -0.05) is 56.1 Å². The Morgan fingerprint density at radius 3 is 2.52 bits per heavy atom. The summed E-state index contributed by atoms with van der Waals surface area (Å²) in [7, 11) is 0. The highest BCUT2D eigenvalue weighted by Gasteiger charge is 2.21. The second kappa shape index (κ2) is 6.73. The molecule has 2 atom stereocenters. The molecule has 120 valence electrons. The third kappa shape index (κ3) is 3.26. The first-order valence-corrected chi connectivity index (χ1v) is 8.43. The predicted molar refractivity (Wildman–Crippen MR) is 96.7 cm³/mol. The summed E-state index contributed by atoms with van der Waals surface area (Å²) in [4.78, 5) is 4.81. The lowest BCUT2D eigenvalue weighted by molar-refractivity contribution is 0.428. The number of fused-ring (bicyclic) bond motifs is 1. The van der Waals surface area contributed by atoms with E-state index in [-0.39, 0.29) is 6.04 Å². The lowest BCUT2D eigenvalue weighted by Crippen LogP contribution is -2.23. The van der Waals surface area contributed by atoms with Gasteiger partial charge in [-0.3, -0.25) is 0 Å². The minimum absolute atomic E-state index is 0.0697. The Balaban J connectivity index is 2.07. The van der Waals surface area contributed by atoms with Crippen LogP contribution in [0.3, 0.4) is 0 Å². The number of aromatic nitrogens is 2. The summed E-state index contributed by atoms with van der Waals surface area (Å²) in [5.41, 5.74) is 9.79. The van der Waals surface area contributed by atoms with Crippen molar-refractivity contribution in [2.75, 3.05) is 0 Å². The lowest BCUT2D eigenvalue weighted by atomic mass is 9.99. The molecule has 0 spiro atoms. The van der Waals surface area contributed by atoms with Gasteiger partial charge >= 0.3 is 0 Å². The molecule has 2 aromatic carbocycles. The van der Waals surface area contributed by atoms with E-state index in [9.17, 15) is 0 Å². The smallest absolute Gasteiger partial charge is 0.127 e. The fraction of sp³-hybridized carbons (Fsp3) is 0.316. The highest BCUT2D eigenvalue weighted by molar-refractivity contribution is 6.30. The van der Waals surface area contributed by atoms with Crippen LogP contribution in [0.25, 0.3) is 11.0 Å². The molecule has 3 nitrogen and oxygen atoms in total. The van der Waals surface area contributed by atoms with Gasteiger partial charge in [-0.05, 0) is 35.7 Å². The van der Waals surface area contributed by atoms with Crippen LogP contribution in [0.2, 0.25) is 5.02 Å². The zero-order valence-electron chi connectivity index (χ0n) is 13.5. The molecule has 3 rings (SSSR count). The number of imidazole rings is 1. The molecule has 0 radical (unpaired) electrons. The number of benzene rings is 2. The number of nitrogens with two attached hydrogens (primary N) is 1. The molecule has 0 fully saturated rings. The van der Waals surface area contributed by atoms with Crippen molar-refractivity contribution >= 4 is 22.6 Å². The fourth-order valence-electron chi connectivity index (χ4n) is 2.80. The first-order valence-electron chi connectivity index (χ1n) is 8.05. The van der Waals surface area contributed by atoms with Crippen LogP contribution >= 0.6 is 11.6 Å². The highest BCUT2D eigenvalue weighted by atomic mass is 35.5. The number of hydrogen-bond acceptors (Lipinski definition) is 2. The van der Waals surface area contributed by atoms with Crippen LogP contribution in [-0.4, -0.2) is 9.55 Å². The Labute approximate surface area is 142 Å². The van der Waals surface area contributed by atoms with Gasteiger partial charge in [-0.25, -0.2) is 4.98 Å². The van der Waals surface area contributed by atoms with Crippen molar-refractivity contribution in [1.82, 2.24) is 9.55 Å². The minimum atomic E-state index is -0.0697. The second-order valence-electron chi connectivity index (χ2n) is 6.08. The molecule has 0 aliphatic rings. The molecule has 0 saturated heterocycles. The minimum Gasteiger partial charge on any atom is -0.322 e. The van der Waals surface area contributed by atoms with E-state index in [1.165, 1.54) is 5.56 Å². The molecular weight excluding hydrogens is 306 g/mol. The summed E-state index contributed by atoms with van der Waals surface area (Å²) in [6.45, 7) is 5.09. The Morgan fingerprint density at radius 2 is 1.83 bits per heavy atom. The summed E-state index contributed by atoms with van der Waals surface area (Å²) in [5, 5.41) is 0.751. The van der Waals surface area contributed by atoms with E-state index >= 15 is 0 Å². The number of rotatable bonds is 5. The molecule has 0 aliphatic heterocycles. The monoisotopic (exact) mass is 327 g/mol. The van der Waals surface area contributed by atoms with Crippen molar-refractivity contribution in [2.45, 2.75) is 32.9 Å². The zero-order chi connectivity index (χ0) is 16.4. The van der Waals surface area contributed by atoms with E-state index in [1.54, 1.807) is 0 Å². The molecular formula is C19H22ClN3. The maximum Gasteiger partial charge on any atom is 0.127 e. The molecule has 0 aliphatic carbocycles. The van der Waals surface area contributed by atoms with Crippen molar-refractivity contribution in [3.63, 3.8) is 0 Å². The van der Waals surface area contributed by atoms with Gasteiger partial charge in [0.1, 0.15) is 5.82 Å². The Hall–Kier alpha value is -1.84. The van der Waals surface area contributed by atoms with E-state index < -0.39 is 0 Å². The highest BCUT2D eigenvalue weighted by Crippen LogP contribution is 2.26. The Bertz CT molecular complexity index is 792.